The average Bonchev–Trinajstić information content (AvgIpc) is 2.54. The van der Waals surface area contributed by atoms with E-state index < -0.39 is 0 Å². The summed E-state index contributed by atoms with van der Waals surface area (Å²) in [5.41, 5.74) is 0. The van der Waals surface area contributed by atoms with Crippen LogP contribution in [0.2, 0.25) is 0 Å². The molecule has 0 aromatic heterocycles. The summed E-state index contributed by atoms with van der Waals surface area (Å²) >= 11 is 0. The van der Waals surface area contributed by atoms with Crippen molar-refractivity contribution >= 4 is 47.7 Å². The van der Waals surface area contributed by atoms with E-state index in [9.17, 15) is 0 Å². The first kappa shape index (κ1) is 13.9. The Balaban J connectivity index is 0.000000233. The van der Waals surface area contributed by atoms with Gasteiger partial charge in [0.15, 0.2) is 0 Å². The van der Waals surface area contributed by atoms with Gasteiger partial charge in [0.2, 0.25) is 0 Å². The lowest BCUT2D eigenvalue weighted by Crippen LogP contribution is -2.00. The summed E-state index contributed by atoms with van der Waals surface area (Å²) in [5.74, 6) is 0. The topological polar surface area (TPSA) is 49.7 Å². The van der Waals surface area contributed by atoms with Crippen LogP contribution in [0.4, 0.5) is 0 Å². The molecule has 0 heterocycles. The predicted molar refractivity (Wildman–Crippen MR) is 87.2 cm³/mol. The van der Waals surface area contributed by atoms with Crippen molar-refractivity contribution in [3.8, 4) is 0 Å². The molecule has 4 aromatic rings. The fourth-order valence-corrected chi connectivity index (χ4v) is 2.70. The maximum Gasteiger partial charge on any atom is 0.469 e. The van der Waals surface area contributed by atoms with Crippen molar-refractivity contribution in [1.82, 2.24) is 0 Å². The molecule has 21 heavy (non-hydrogen) atoms. The highest BCUT2D eigenvalue weighted by molar-refractivity contribution is 6.32. The van der Waals surface area contributed by atoms with Crippen LogP contribution in [-0.4, -0.2) is 25.4 Å². The van der Waals surface area contributed by atoms with Crippen molar-refractivity contribution in [3.05, 3.63) is 60.7 Å². The minimum absolute atomic E-state index is 0.375. The SMILES string of the molecule is O[B]O[B]O.c1cc2ccc3cccc4ccc(c1)c2c34. The lowest BCUT2D eigenvalue weighted by Gasteiger charge is -2.09. The number of benzene rings is 4. The van der Waals surface area contributed by atoms with E-state index in [1.807, 2.05) is 0 Å². The van der Waals surface area contributed by atoms with Gasteiger partial charge in [0.05, 0.1) is 0 Å². The maximum absolute atomic E-state index is 7.53. The fraction of sp³-hybridized carbons (Fsp3) is 0. The van der Waals surface area contributed by atoms with Crippen molar-refractivity contribution in [2.75, 3.05) is 0 Å². The van der Waals surface area contributed by atoms with Gasteiger partial charge >= 0.3 is 15.4 Å². The Bertz CT molecular complexity index is 732. The Morgan fingerprint density at radius 3 is 1.14 bits per heavy atom. The van der Waals surface area contributed by atoms with Crippen LogP contribution in [0.3, 0.4) is 0 Å². The molecule has 0 spiro atoms. The van der Waals surface area contributed by atoms with Gasteiger partial charge in [0.25, 0.3) is 0 Å². The molecular weight excluding hydrogens is 262 g/mol. The van der Waals surface area contributed by atoms with E-state index in [0.29, 0.717) is 15.4 Å². The highest BCUT2D eigenvalue weighted by Crippen LogP contribution is 2.33. The van der Waals surface area contributed by atoms with Crippen LogP contribution in [-0.2, 0) is 4.57 Å². The van der Waals surface area contributed by atoms with Crippen molar-refractivity contribution in [3.63, 3.8) is 0 Å². The summed E-state index contributed by atoms with van der Waals surface area (Å²) in [6.07, 6.45) is 0. The summed E-state index contributed by atoms with van der Waals surface area (Å²) in [6, 6.07) is 21.9. The van der Waals surface area contributed by atoms with Gasteiger partial charge < -0.3 is 14.6 Å². The van der Waals surface area contributed by atoms with Gasteiger partial charge in [0.1, 0.15) is 0 Å². The molecule has 0 bridgehead atoms. The zero-order valence-corrected chi connectivity index (χ0v) is 11.2. The smallest absolute Gasteiger partial charge is 0.456 e. The van der Waals surface area contributed by atoms with Crippen LogP contribution in [0.15, 0.2) is 60.7 Å². The summed E-state index contributed by atoms with van der Waals surface area (Å²) in [5, 5.41) is 23.2. The lowest BCUT2D eigenvalue weighted by molar-refractivity contribution is 0.408. The van der Waals surface area contributed by atoms with Gasteiger partial charge in [-0.25, -0.2) is 0 Å². The minimum atomic E-state index is 0.375. The average molecular weight is 274 g/mol. The maximum atomic E-state index is 7.53. The molecule has 100 valence electrons. The van der Waals surface area contributed by atoms with Gasteiger partial charge in [-0.15, -0.1) is 0 Å². The Labute approximate surface area is 123 Å². The minimum Gasteiger partial charge on any atom is -0.456 e. The van der Waals surface area contributed by atoms with E-state index in [4.69, 9.17) is 10.0 Å². The molecule has 3 nitrogen and oxygen atoms in total. The lowest BCUT2D eigenvalue weighted by atomic mass is 9.95. The zero-order chi connectivity index (χ0) is 14.7. The van der Waals surface area contributed by atoms with Gasteiger partial charge in [0, 0.05) is 0 Å². The molecule has 2 N–H and O–H groups in total. The van der Waals surface area contributed by atoms with Crippen LogP contribution in [0.5, 0.6) is 0 Å². The van der Waals surface area contributed by atoms with E-state index in [0.717, 1.165) is 0 Å². The van der Waals surface area contributed by atoms with Crippen molar-refractivity contribution < 1.29 is 14.6 Å². The molecule has 0 atom stereocenters. The monoisotopic (exact) mass is 274 g/mol. The number of hydrogen-bond acceptors (Lipinski definition) is 3. The fourth-order valence-electron chi connectivity index (χ4n) is 2.70. The number of rotatable bonds is 2. The third-order valence-corrected chi connectivity index (χ3v) is 3.51. The zero-order valence-electron chi connectivity index (χ0n) is 11.2. The van der Waals surface area contributed by atoms with Crippen LogP contribution in [0.1, 0.15) is 0 Å². The van der Waals surface area contributed by atoms with Crippen LogP contribution in [0, 0.1) is 0 Å². The summed E-state index contributed by atoms with van der Waals surface area (Å²) in [7, 11) is 0.750. The summed E-state index contributed by atoms with van der Waals surface area (Å²) in [4.78, 5) is 0. The van der Waals surface area contributed by atoms with E-state index in [1.54, 1.807) is 0 Å². The molecule has 0 fully saturated rings. The molecule has 0 aliphatic heterocycles. The van der Waals surface area contributed by atoms with Gasteiger partial charge in [-0.3, -0.25) is 0 Å². The van der Waals surface area contributed by atoms with Gasteiger partial charge in [-0.2, -0.15) is 0 Å². The molecule has 0 aliphatic rings. The third kappa shape index (κ3) is 2.59. The van der Waals surface area contributed by atoms with Gasteiger partial charge in [-0.1, -0.05) is 60.7 Å². The molecular formula is C16H12B2O3. The standard InChI is InChI=1S/C16H10.B2H2O3/c1-3-11-7-9-13-5-2-6-14-10-8-12(4-1)15(11)16(13)14;3-1-5-2-4/h1-10H;3-4H. The molecule has 0 saturated heterocycles. The molecule has 0 amide bonds. The normalized spacial score (nSPS) is 10.6. The second-order valence-electron chi connectivity index (χ2n) is 4.64. The van der Waals surface area contributed by atoms with Crippen LogP contribution >= 0.6 is 0 Å². The first-order valence-electron chi connectivity index (χ1n) is 6.55. The Kier molecular flexibility index (Phi) is 4.06. The van der Waals surface area contributed by atoms with E-state index in [1.165, 1.54) is 32.3 Å². The van der Waals surface area contributed by atoms with E-state index >= 15 is 0 Å². The van der Waals surface area contributed by atoms with Crippen LogP contribution < -0.4 is 0 Å². The van der Waals surface area contributed by atoms with Crippen molar-refractivity contribution in [2.24, 2.45) is 0 Å². The second kappa shape index (κ2) is 6.14. The molecule has 0 saturated carbocycles. The Morgan fingerprint density at radius 2 is 0.905 bits per heavy atom. The molecule has 0 aliphatic carbocycles. The largest absolute Gasteiger partial charge is 0.469 e. The number of hydrogen-bond donors (Lipinski definition) is 2. The van der Waals surface area contributed by atoms with Crippen LogP contribution in [0.25, 0.3) is 32.3 Å². The Morgan fingerprint density at radius 1 is 0.571 bits per heavy atom. The first-order chi connectivity index (χ1) is 10.3. The Hall–Kier alpha value is -2.07. The highest BCUT2D eigenvalue weighted by Gasteiger charge is 2.05. The van der Waals surface area contributed by atoms with E-state index in [-0.39, 0.29) is 0 Å². The summed E-state index contributed by atoms with van der Waals surface area (Å²) < 4.78 is 3.69. The first-order valence-corrected chi connectivity index (χ1v) is 6.55. The van der Waals surface area contributed by atoms with Gasteiger partial charge in [-0.05, 0) is 32.3 Å². The van der Waals surface area contributed by atoms with E-state index in [2.05, 4.69) is 65.2 Å². The van der Waals surface area contributed by atoms with Crippen molar-refractivity contribution in [1.29, 1.82) is 0 Å². The van der Waals surface area contributed by atoms with Crippen molar-refractivity contribution in [2.45, 2.75) is 0 Å². The quantitative estimate of drug-likeness (QED) is 0.436. The second-order valence-corrected chi connectivity index (χ2v) is 4.64. The molecule has 2 radical (unpaired) electrons. The molecule has 4 aromatic carbocycles. The molecule has 0 unspecified atom stereocenters. The highest BCUT2D eigenvalue weighted by atomic mass is 16.5. The molecule has 5 heteroatoms. The molecule has 4 rings (SSSR count). The third-order valence-electron chi connectivity index (χ3n) is 3.51. The summed E-state index contributed by atoms with van der Waals surface area (Å²) in [6.45, 7) is 0. The predicted octanol–water partition coefficient (Wildman–Crippen LogP) is 2.64.